The molecule has 1 amide bonds. The van der Waals surface area contributed by atoms with Crippen molar-refractivity contribution in [1.29, 1.82) is 5.26 Å². The highest BCUT2D eigenvalue weighted by atomic mass is 35.5. The molecule has 0 aliphatic carbocycles. The first kappa shape index (κ1) is 20.1. The number of hydrogen-bond acceptors (Lipinski definition) is 4. The number of nitrogens with zero attached hydrogens (tertiary/aromatic N) is 2. The Labute approximate surface area is 177 Å². The lowest BCUT2D eigenvalue weighted by atomic mass is 10.1. The fourth-order valence-electron chi connectivity index (χ4n) is 2.44. The van der Waals surface area contributed by atoms with Crippen molar-refractivity contribution in [3.63, 3.8) is 0 Å². The average Bonchev–Trinajstić information content (AvgIpc) is 3.11. The van der Waals surface area contributed by atoms with Crippen molar-refractivity contribution in [1.82, 2.24) is 4.98 Å². The molecule has 0 saturated heterocycles. The molecule has 3 aromatic rings. The van der Waals surface area contributed by atoms with Gasteiger partial charge in [0.2, 0.25) is 5.91 Å². The van der Waals surface area contributed by atoms with E-state index in [0.29, 0.717) is 43.3 Å². The van der Waals surface area contributed by atoms with Gasteiger partial charge in [-0.2, -0.15) is 5.26 Å². The summed E-state index contributed by atoms with van der Waals surface area (Å²) in [7, 11) is 0. The van der Waals surface area contributed by atoms with Crippen LogP contribution in [0.15, 0.2) is 48.5 Å². The Morgan fingerprint density at radius 2 is 2.00 bits per heavy atom. The third kappa shape index (κ3) is 4.60. The Hall–Kier alpha value is -2.65. The number of carbonyl (C=O) groups excluding carboxylic acids is 1. The zero-order valence-electron chi connectivity index (χ0n) is 14.9. The molecule has 0 aliphatic heterocycles. The molecule has 0 aliphatic rings. The summed E-state index contributed by atoms with van der Waals surface area (Å²) >= 11 is 13.4. The molecule has 1 N–H and O–H groups in total. The molecule has 0 radical (unpaired) electrons. The molecule has 28 heavy (non-hydrogen) atoms. The minimum Gasteiger partial charge on any atom is -0.316 e. The first-order chi connectivity index (χ1) is 13.5. The van der Waals surface area contributed by atoms with Crippen molar-refractivity contribution in [2.45, 2.75) is 13.3 Å². The second-order valence-electron chi connectivity index (χ2n) is 5.80. The Morgan fingerprint density at radius 1 is 1.25 bits per heavy atom. The van der Waals surface area contributed by atoms with Crippen molar-refractivity contribution >= 4 is 57.1 Å². The van der Waals surface area contributed by atoms with Crippen molar-refractivity contribution < 1.29 is 4.79 Å². The van der Waals surface area contributed by atoms with Crippen molar-refractivity contribution in [3.8, 4) is 17.3 Å². The fourth-order valence-corrected chi connectivity index (χ4v) is 3.88. The van der Waals surface area contributed by atoms with E-state index in [-0.39, 0.29) is 5.91 Å². The Kier molecular flexibility index (Phi) is 6.48. The molecule has 0 saturated carbocycles. The summed E-state index contributed by atoms with van der Waals surface area (Å²) in [6.07, 6.45) is 2.01. The highest BCUT2D eigenvalue weighted by molar-refractivity contribution is 7.17. The van der Waals surface area contributed by atoms with Crippen LogP contribution in [0.1, 0.15) is 23.9 Å². The van der Waals surface area contributed by atoms with Gasteiger partial charge in [0, 0.05) is 22.0 Å². The minimum atomic E-state index is -0.115. The molecule has 0 atom stereocenters. The molecule has 140 valence electrons. The first-order valence-electron chi connectivity index (χ1n) is 8.45. The number of benzene rings is 2. The van der Waals surface area contributed by atoms with E-state index in [2.05, 4.69) is 16.4 Å². The van der Waals surface area contributed by atoms with E-state index in [1.54, 1.807) is 31.2 Å². The third-order valence-electron chi connectivity index (χ3n) is 3.86. The van der Waals surface area contributed by atoms with Crippen LogP contribution in [0.25, 0.3) is 22.9 Å². The molecular formula is C21H15Cl2N3OS. The highest BCUT2D eigenvalue weighted by Crippen LogP contribution is 2.37. The smallest absolute Gasteiger partial charge is 0.224 e. The quantitative estimate of drug-likeness (QED) is 0.470. The van der Waals surface area contributed by atoms with Gasteiger partial charge in [0.15, 0.2) is 0 Å². The second kappa shape index (κ2) is 9.03. The molecule has 2 aromatic carbocycles. The summed E-state index contributed by atoms with van der Waals surface area (Å²) in [6, 6.07) is 16.8. The van der Waals surface area contributed by atoms with Gasteiger partial charge in [-0.1, -0.05) is 77.9 Å². The number of allylic oxidation sites excluding steroid dienone is 1. The lowest BCUT2D eigenvalue weighted by Gasteiger charge is -2.03. The van der Waals surface area contributed by atoms with Crippen LogP contribution in [0, 0.1) is 11.3 Å². The maximum absolute atomic E-state index is 11.9. The van der Waals surface area contributed by atoms with Crippen molar-refractivity contribution in [3.05, 3.63) is 69.1 Å². The monoisotopic (exact) mass is 427 g/mol. The van der Waals surface area contributed by atoms with E-state index < -0.39 is 0 Å². The van der Waals surface area contributed by atoms with Gasteiger partial charge >= 0.3 is 0 Å². The van der Waals surface area contributed by atoms with Gasteiger partial charge in [0.05, 0.1) is 5.57 Å². The number of carbonyl (C=O) groups is 1. The van der Waals surface area contributed by atoms with Crippen LogP contribution in [0.2, 0.25) is 10.0 Å². The van der Waals surface area contributed by atoms with E-state index in [9.17, 15) is 10.1 Å². The van der Waals surface area contributed by atoms with Crippen LogP contribution in [0.4, 0.5) is 5.00 Å². The number of thiazole rings is 1. The van der Waals surface area contributed by atoms with Gasteiger partial charge in [-0.3, -0.25) is 4.79 Å². The molecule has 1 heterocycles. The molecule has 3 rings (SSSR count). The number of anilines is 1. The van der Waals surface area contributed by atoms with E-state index >= 15 is 0 Å². The number of nitrogens with one attached hydrogen (secondary N) is 1. The average molecular weight is 428 g/mol. The van der Waals surface area contributed by atoms with Crippen molar-refractivity contribution in [2.75, 3.05) is 5.32 Å². The molecule has 4 nitrogen and oxygen atoms in total. The van der Waals surface area contributed by atoms with Crippen LogP contribution in [-0.2, 0) is 4.79 Å². The number of hydrogen-bond donors (Lipinski definition) is 1. The zero-order valence-corrected chi connectivity index (χ0v) is 17.2. The van der Waals surface area contributed by atoms with Crippen LogP contribution in [0.5, 0.6) is 0 Å². The first-order valence-corrected chi connectivity index (χ1v) is 10.0. The zero-order chi connectivity index (χ0) is 20.1. The molecule has 0 bridgehead atoms. The van der Waals surface area contributed by atoms with E-state index in [4.69, 9.17) is 23.2 Å². The highest BCUT2D eigenvalue weighted by Gasteiger charge is 2.17. The van der Waals surface area contributed by atoms with Crippen LogP contribution >= 0.6 is 34.5 Å². The molecule has 0 unspecified atom stereocenters. The van der Waals surface area contributed by atoms with Gasteiger partial charge < -0.3 is 5.32 Å². The topological polar surface area (TPSA) is 65.8 Å². The summed E-state index contributed by atoms with van der Waals surface area (Å²) < 4.78 is 0. The number of amides is 1. The van der Waals surface area contributed by atoms with Gasteiger partial charge in [-0.15, -0.1) is 0 Å². The normalized spacial score (nSPS) is 11.1. The molecule has 7 heteroatoms. The van der Waals surface area contributed by atoms with Gasteiger partial charge in [0.1, 0.15) is 21.8 Å². The lowest BCUT2D eigenvalue weighted by molar-refractivity contribution is -0.115. The summed E-state index contributed by atoms with van der Waals surface area (Å²) in [5.41, 5.74) is 2.51. The summed E-state index contributed by atoms with van der Waals surface area (Å²) in [4.78, 5) is 16.6. The second-order valence-corrected chi connectivity index (χ2v) is 7.64. The Balaban J connectivity index is 2.08. The maximum atomic E-state index is 11.9. The van der Waals surface area contributed by atoms with Gasteiger partial charge in [-0.25, -0.2) is 4.98 Å². The Morgan fingerprint density at radius 3 is 2.64 bits per heavy atom. The number of nitriles is 1. The maximum Gasteiger partial charge on any atom is 0.224 e. The molecular weight excluding hydrogens is 413 g/mol. The summed E-state index contributed by atoms with van der Waals surface area (Å²) in [6.45, 7) is 1.78. The predicted molar refractivity (Wildman–Crippen MR) is 116 cm³/mol. The van der Waals surface area contributed by atoms with E-state index in [1.165, 1.54) is 11.3 Å². The van der Waals surface area contributed by atoms with Crippen molar-refractivity contribution in [2.24, 2.45) is 0 Å². The number of rotatable bonds is 5. The molecule has 0 spiro atoms. The van der Waals surface area contributed by atoms with Gasteiger partial charge in [-0.05, 0) is 23.8 Å². The van der Waals surface area contributed by atoms with E-state index in [0.717, 1.165) is 5.56 Å². The van der Waals surface area contributed by atoms with Crippen LogP contribution < -0.4 is 5.32 Å². The molecule has 0 fully saturated rings. The standard InChI is InChI=1S/C21H15Cl2N3OS/c1-2-18(27)25-21-19(13-6-4-3-5-7-13)26-20(28-21)15(12-24)10-14-8-9-16(22)11-17(14)23/h3-11H,2H2,1H3,(H,25,27)/b15-10+. The minimum absolute atomic E-state index is 0.115. The Bertz CT molecular complexity index is 1080. The number of aromatic nitrogens is 1. The van der Waals surface area contributed by atoms with Crippen LogP contribution in [0.3, 0.4) is 0 Å². The van der Waals surface area contributed by atoms with Crippen LogP contribution in [-0.4, -0.2) is 10.9 Å². The lowest BCUT2D eigenvalue weighted by Crippen LogP contribution is -2.08. The third-order valence-corrected chi connectivity index (χ3v) is 5.43. The SMILES string of the molecule is CCC(=O)Nc1sc(/C(C#N)=C/c2ccc(Cl)cc2Cl)nc1-c1ccccc1. The number of halogens is 2. The predicted octanol–water partition coefficient (Wildman–Crippen LogP) is 6.53. The van der Waals surface area contributed by atoms with E-state index in [1.807, 2.05) is 30.3 Å². The van der Waals surface area contributed by atoms with Gasteiger partial charge in [0.25, 0.3) is 0 Å². The summed E-state index contributed by atoms with van der Waals surface area (Å²) in [5.74, 6) is -0.115. The fraction of sp³-hybridized carbons (Fsp3) is 0.0952. The summed E-state index contributed by atoms with van der Waals surface area (Å²) in [5, 5.41) is 14.6. The molecule has 1 aromatic heterocycles. The largest absolute Gasteiger partial charge is 0.316 e.